The monoisotopic (exact) mass is 337 g/mol. The lowest BCUT2D eigenvalue weighted by atomic mass is 10.0. The average molecular weight is 337 g/mol. The Kier molecular flexibility index (Phi) is 5.58. The van der Waals surface area contributed by atoms with Crippen molar-refractivity contribution < 1.29 is 19.4 Å². The van der Waals surface area contributed by atoms with Crippen molar-refractivity contribution in [3.63, 3.8) is 0 Å². The van der Waals surface area contributed by atoms with E-state index in [1.54, 1.807) is 0 Å². The first-order valence-electron chi connectivity index (χ1n) is 8.05. The van der Waals surface area contributed by atoms with Crippen molar-refractivity contribution in [3.05, 3.63) is 35.9 Å². The summed E-state index contributed by atoms with van der Waals surface area (Å²) in [6.07, 6.45) is 0.963. The number of benzene rings is 1. The highest BCUT2D eigenvalue weighted by Crippen LogP contribution is 2.31. The van der Waals surface area contributed by atoms with Crippen molar-refractivity contribution in [1.29, 1.82) is 0 Å². The first kappa shape index (κ1) is 16.8. The molecule has 2 heterocycles. The molecule has 3 rings (SSSR count). The molecule has 0 aliphatic carbocycles. The molecule has 1 N–H and O–H groups in total. The van der Waals surface area contributed by atoms with E-state index < -0.39 is 11.9 Å². The summed E-state index contributed by atoms with van der Waals surface area (Å²) in [5.74, 6) is 0.620. The van der Waals surface area contributed by atoms with Gasteiger partial charge in [0, 0.05) is 31.7 Å². The molecule has 23 heavy (non-hydrogen) atoms. The van der Waals surface area contributed by atoms with Crippen LogP contribution in [-0.2, 0) is 14.3 Å². The molecule has 6 heteroatoms. The quantitative estimate of drug-likeness (QED) is 0.888. The number of amides is 1. The summed E-state index contributed by atoms with van der Waals surface area (Å²) in [4.78, 5) is 14.1. The summed E-state index contributed by atoms with van der Waals surface area (Å²) in [6.45, 7) is 2.67. The van der Waals surface area contributed by atoms with Crippen molar-refractivity contribution >= 4 is 17.7 Å². The highest BCUT2D eigenvalue weighted by Gasteiger charge is 2.40. The van der Waals surface area contributed by atoms with Gasteiger partial charge in [-0.3, -0.25) is 4.79 Å². The van der Waals surface area contributed by atoms with E-state index in [2.05, 4.69) is 0 Å². The lowest BCUT2D eigenvalue weighted by molar-refractivity contribution is -0.186. The number of piperidine rings is 1. The zero-order valence-corrected chi connectivity index (χ0v) is 14.0. The summed E-state index contributed by atoms with van der Waals surface area (Å²) >= 11 is 1.48. The van der Waals surface area contributed by atoms with Crippen LogP contribution in [0.1, 0.15) is 24.5 Å². The number of nitrogens with zero attached hydrogens (tertiary/aromatic N) is 1. The standard InChI is InChI=1S/C17H23NO4S/c19-15(14-4-2-1-3-5-14)12-23-13-16(20)18-8-6-17(7-9-18)21-10-11-22-17/h1-5,15,19H,6-13H2. The molecule has 2 fully saturated rings. The van der Waals surface area contributed by atoms with Crippen molar-refractivity contribution in [2.24, 2.45) is 0 Å². The van der Waals surface area contributed by atoms with E-state index >= 15 is 0 Å². The van der Waals surface area contributed by atoms with Crippen LogP contribution in [0, 0.1) is 0 Å². The van der Waals surface area contributed by atoms with Crippen LogP contribution in [0.4, 0.5) is 0 Å². The molecule has 1 spiro atoms. The van der Waals surface area contributed by atoms with Crippen LogP contribution in [0.2, 0.25) is 0 Å². The second kappa shape index (κ2) is 7.66. The molecule has 0 radical (unpaired) electrons. The second-order valence-corrected chi connectivity index (χ2v) is 6.96. The molecular weight excluding hydrogens is 314 g/mol. The van der Waals surface area contributed by atoms with Crippen molar-refractivity contribution in [2.45, 2.75) is 24.7 Å². The number of aliphatic hydroxyl groups excluding tert-OH is 1. The van der Waals surface area contributed by atoms with E-state index in [9.17, 15) is 9.90 Å². The summed E-state index contributed by atoms with van der Waals surface area (Å²) in [7, 11) is 0. The predicted molar refractivity (Wildman–Crippen MR) is 89.2 cm³/mol. The van der Waals surface area contributed by atoms with Crippen LogP contribution in [0.25, 0.3) is 0 Å². The molecule has 2 aliphatic rings. The maximum atomic E-state index is 12.3. The Morgan fingerprint density at radius 3 is 2.52 bits per heavy atom. The minimum absolute atomic E-state index is 0.128. The van der Waals surface area contributed by atoms with Gasteiger partial charge in [-0.25, -0.2) is 0 Å². The third-order valence-electron chi connectivity index (χ3n) is 4.38. The van der Waals surface area contributed by atoms with Gasteiger partial charge in [-0.15, -0.1) is 11.8 Å². The number of aliphatic hydroxyl groups is 1. The van der Waals surface area contributed by atoms with E-state index in [4.69, 9.17) is 9.47 Å². The Bertz CT molecular complexity index is 509. The normalized spacial score (nSPS) is 21.5. The number of thioether (sulfide) groups is 1. The molecule has 2 aliphatic heterocycles. The van der Waals surface area contributed by atoms with Gasteiger partial charge in [-0.1, -0.05) is 30.3 Å². The Labute approximate surface area is 140 Å². The fourth-order valence-corrected chi connectivity index (χ4v) is 3.89. The van der Waals surface area contributed by atoms with Gasteiger partial charge >= 0.3 is 0 Å². The molecule has 1 amide bonds. The van der Waals surface area contributed by atoms with Gasteiger partial charge < -0.3 is 19.5 Å². The fourth-order valence-electron chi connectivity index (χ4n) is 3.00. The van der Waals surface area contributed by atoms with Crippen molar-refractivity contribution in [3.8, 4) is 0 Å². The zero-order valence-electron chi connectivity index (χ0n) is 13.1. The molecule has 5 nitrogen and oxygen atoms in total. The molecule has 126 valence electrons. The van der Waals surface area contributed by atoms with Gasteiger partial charge in [0.1, 0.15) is 0 Å². The van der Waals surface area contributed by atoms with Crippen LogP contribution < -0.4 is 0 Å². The van der Waals surface area contributed by atoms with Gasteiger partial charge in [-0.2, -0.15) is 0 Å². The van der Waals surface area contributed by atoms with Crippen molar-refractivity contribution in [2.75, 3.05) is 37.8 Å². The van der Waals surface area contributed by atoms with Crippen LogP contribution in [0.3, 0.4) is 0 Å². The summed E-state index contributed by atoms with van der Waals surface area (Å²) < 4.78 is 11.3. The average Bonchev–Trinajstić information content (AvgIpc) is 3.04. The fraction of sp³-hybridized carbons (Fsp3) is 0.588. The number of hydrogen-bond acceptors (Lipinski definition) is 5. The third-order valence-corrected chi connectivity index (χ3v) is 5.38. The van der Waals surface area contributed by atoms with E-state index in [1.165, 1.54) is 11.8 Å². The first-order valence-corrected chi connectivity index (χ1v) is 9.20. The SMILES string of the molecule is O=C(CSCC(O)c1ccccc1)N1CCC2(CC1)OCCO2. The smallest absolute Gasteiger partial charge is 0.232 e. The van der Waals surface area contributed by atoms with Crippen LogP contribution in [-0.4, -0.2) is 59.5 Å². The van der Waals surface area contributed by atoms with Crippen LogP contribution in [0.5, 0.6) is 0 Å². The number of carbonyl (C=O) groups excluding carboxylic acids is 1. The molecule has 1 atom stereocenters. The molecule has 0 aromatic heterocycles. The summed E-state index contributed by atoms with van der Waals surface area (Å²) in [5, 5.41) is 10.1. The van der Waals surface area contributed by atoms with Gasteiger partial charge in [0.2, 0.25) is 5.91 Å². The van der Waals surface area contributed by atoms with Gasteiger partial charge in [-0.05, 0) is 5.56 Å². The molecule has 2 saturated heterocycles. The predicted octanol–water partition coefficient (Wildman–Crippen LogP) is 1.82. The first-order chi connectivity index (χ1) is 11.2. The number of ether oxygens (including phenoxy) is 2. The largest absolute Gasteiger partial charge is 0.388 e. The number of rotatable bonds is 5. The van der Waals surface area contributed by atoms with E-state index in [-0.39, 0.29) is 5.91 Å². The molecular formula is C17H23NO4S. The van der Waals surface area contributed by atoms with Gasteiger partial charge in [0.25, 0.3) is 0 Å². The Balaban J connectivity index is 1.38. The van der Waals surface area contributed by atoms with Crippen LogP contribution >= 0.6 is 11.8 Å². The maximum absolute atomic E-state index is 12.3. The highest BCUT2D eigenvalue weighted by atomic mass is 32.2. The summed E-state index contributed by atoms with van der Waals surface area (Å²) in [5.41, 5.74) is 0.892. The minimum atomic E-state index is -0.529. The molecule has 0 bridgehead atoms. The molecule has 1 unspecified atom stereocenters. The topological polar surface area (TPSA) is 59.0 Å². The minimum Gasteiger partial charge on any atom is -0.388 e. The lowest BCUT2D eigenvalue weighted by Crippen LogP contribution is -2.47. The van der Waals surface area contributed by atoms with E-state index in [0.717, 1.165) is 18.4 Å². The Hall–Kier alpha value is -1.08. The van der Waals surface area contributed by atoms with E-state index in [0.29, 0.717) is 37.8 Å². The molecule has 1 aromatic carbocycles. The molecule has 0 saturated carbocycles. The Morgan fingerprint density at radius 1 is 1.22 bits per heavy atom. The zero-order chi connectivity index (χ0) is 16.1. The number of carbonyl (C=O) groups is 1. The van der Waals surface area contributed by atoms with Crippen LogP contribution in [0.15, 0.2) is 30.3 Å². The molecule has 1 aromatic rings. The second-order valence-electron chi connectivity index (χ2n) is 5.93. The lowest BCUT2D eigenvalue weighted by Gasteiger charge is -2.37. The highest BCUT2D eigenvalue weighted by molar-refractivity contribution is 7.99. The Morgan fingerprint density at radius 2 is 1.87 bits per heavy atom. The number of likely N-dealkylation sites (tertiary alicyclic amines) is 1. The van der Waals surface area contributed by atoms with Gasteiger partial charge in [0.15, 0.2) is 5.79 Å². The third kappa shape index (κ3) is 4.26. The maximum Gasteiger partial charge on any atom is 0.232 e. The number of hydrogen-bond donors (Lipinski definition) is 1. The van der Waals surface area contributed by atoms with Gasteiger partial charge in [0.05, 0.1) is 25.1 Å². The van der Waals surface area contributed by atoms with Crippen molar-refractivity contribution in [1.82, 2.24) is 4.90 Å². The summed E-state index contributed by atoms with van der Waals surface area (Å²) in [6, 6.07) is 9.54. The van der Waals surface area contributed by atoms with E-state index in [1.807, 2.05) is 35.2 Å².